The first-order valence-electron chi connectivity index (χ1n) is 9.44. The molecule has 0 saturated heterocycles. The lowest BCUT2D eigenvalue weighted by Gasteiger charge is -2.28. The maximum atomic E-state index is 12.5. The van der Waals surface area contributed by atoms with Gasteiger partial charge in [0.25, 0.3) is 0 Å². The van der Waals surface area contributed by atoms with E-state index in [1.54, 1.807) is 38.1 Å². The van der Waals surface area contributed by atoms with Gasteiger partial charge in [0.2, 0.25) is 0 Å². The Morgan fingerprint density at radius 3 is 2.63 bits per heavy atom. The lowest BCUT2D eigenvalue weighted by Crippen LogP contribution is -2.45. The van der Waals surface area contributed by atoms with Crippen LogP contribution >= 0.6 is 11.6 Å². The van der Waals surface area contributed by atoms with Crippen LogP contribution in [0.25, 0.3) is 0 Å². The number of esters is 1. The van der Waals surface area contributed by atoms with Gasteiger partial charge in [0.15, 0.2) is 11.5 Å². The molecule has 0 saturated carbocycles. The average molecular weight is 431 g/mol. The number of hydrogen-bond donors (Lipinski definition) is 2. The zero-order chi connectivity index (χ0) is 21.7. The number of carbonyl (C=O) groups is 2. The molecule has 0 radical (unpaired) electrons. The van der Waals surface area contributed by atoms with Crippen LogP contribution in [0, 0.1) is 0 Å². The minimum Gasteiger partial charge on any atom is -0.493 e. The molecule has 0 bridgehead atoms. The Kier molecular flexibility index (Phi) is 6.84. The van der Waals surface area contributed by atoms with Crippen molar-refractivity contribution >= 4 is 23.6 Å². The van der Waals surface area contributed by atoms with E-state index in [2.05, 4.69) is 10.6 Å². The van der Waals surface area contributed by atoms with Crippen molar-refractivity contribution in [1.82, 2.24) is 10.6 Å². The summed E-state index contributed by atoms with van der Waals surface area (Å²) in [5.41, 5.74) is 2.25. The summed E-state index contributed by atoms with van der Waals surface area (Å²) in [6, 6.07) is 11.5. The number of rotatable bonds is 7. The molecule has 1 atom stereocenters. The van der Waals surface area contributed by atoms with Crippen molar-refractivity contribution in [3.8, 4) is 11.5 Å². The number of halogens is 1. The minimum atomic E-state index is -0.689. The number of amides is 2. The molecule has 2 amide bonds. The Morgan fingerprint density at radius 1 is 1.17 bits per heavy atom. The highest BCUT2D eigenvalue weighted by molar-refractivity contribution is 6.31. The second-order valence-corrected chi connectivity index (χ2v) is 6.99. The topological polar surface area (TPSA) is 85.9 Å². The van der Waals surface area contributed by atoms with E-state index in [9.17, 15) is 9.59 Å². The third-order valence-electron chi connectivity index (χ3n) is 4.63. The SMILES string of the molecule is CCOC(=O)C1=C(C)NC(=O)NC1c1ccc(OC)c(OCc2ccccc2Cl)c1. The predicted octanol–water partition coefficient (Wildman–Crippen LogP) is 4.12. The summed E-state index contributed by atoms with van der Waals surface area (Å²) in [7, 11) is 1.54. The monoisotopic (exact) mass is 430 g/mol. The number of urea groups is 1. The van der Waals surface area contributed by atoms with E-state index in [1.807, 2.05) is 18.2 Å². The summed E-state index contributed by atoms with van der Waals surface area (Å²) < 4.78 is 16.5. The molecule has 8 heteroatoms. The van der Waals surface area contributed by atoms with Crippen LogP contribution in [0.1, 0.15) is 31.0 Å². The van der Waals surface area contributed by atoms with Crippen LogP contribution in [0.15, 0.2) is 53.7 Å². The van der Waals surface area contributed by atoms with Crippen LogP contribution in [0.3, 0.4) is 0 Å². The number of carbonyl (C=O) groups excluding carboxylic acids is 2. The number of benzene rings is 2. The molecule has 30 heavy (non-hydrogen) atoms. The number of nitrogens with one attached hydrogen (secondary N) is 2. The first kappa shape index (κ1) is 21.5. The Hall–Kier alpha value is -3.19. The fraction of sp³-hybridized carbons (Fsp3) is 0.273. The highest BCUT2D eigenvalue weighted by Gasteiger charge is 2.32. The number of ether oxygens (including phenoxy) is 3. The smallest absolute Gasteiger partial charge is 0.338 e. The van der Waals surface area contributed by atoms with Gasteiger partial charge < -0.3 is 24.8 Å². The van der Waals surface area contributed by atoms with Crippen LogP contribution in [0.5, 0.6) is 11.5 Å². The van der Waals surface area contributed by atoms with Gasteiger partial charge in [-0.15, -0.1) is 0 Å². The second kappa shape index (κ2) is 9.54. The van der Waals surface area contributed by atoms with Crippen molar-refractivity contribution in [3.63, 3.8) is 0 Å². The van der Waals surface area contributed by atoms with Gasteiger partial charge in [0.1, 0.15) is 6.61 Å². The van der Waals surface area contributed by atoms with E-state index in [0.717, 1.165) is 5.56 Å². The van der Waals surface area contributed by atoms with E-state index >= 15 is 0 Å². The average Bonchev–Trinajstić information content (AvgIpc) is 2.72. The van der Waals surface area contributed by atoms with Gasteiger partial charge in [0, 0.05) is 16.3 Å². The first-order valence-corrected chi connectivity index (χ1v) is 9.82. The summed E-state index contributed by atoms with van der Waals surface area (Å²) in [5, 5.41) is 5.99. The number of methoxy groups -OCH3 is 1. The van der Waals surface area contributed by atoms with E-state index in [0.29, 0.717) is 33.4 Å². The Morgan fingerprint density at radius 2 is 1.93 bits per heavy atom. The lowest BCUT2D eigenvalue weighted by molar-refractivity contribution is -0.139. The third kappa shape index (κ3) is 4.68. The normalized spacial score (nSPS) is 15.9. The predicted molar refractivity (Wildman–Crippen MR) is 113 cm³/mol. The Labute approximate surface area is 180 Å². The molecule has 0 aromatic heterocycles. The van der Waals surface area contributed by atoms with Crippen LogP contribution in [0.2, 0.25) is 5.02 Å². The van der Waals surface area contributed by atoms with Gasteiger partial charge in [-0.25, -0.2) is 9.59 Å². The summed E-state index contributed by atoms with van der Waals surface area (Å²) >= 11 is 6.21. The molecule has 0 fully saturated rings. The van der Waals surface area contributed by atoms with Crippen molar-refractivity contribution in [2.75, 3.05) is 13.7 Å². The lowest BCUT2D eigenvalue weighted by atomic mass is 9.95. The van der Waals surface area contributed by atoms with Crippen LogP contribution in [-0.4, -0.2) is 25.7 Å². The summed E-state index contributed by atoms with van der Waals surface area (Å²) in [4.78, 5) is 24.6. The molecular formula is C22H23ClN2O5. The van der Waals surface area contributed by atoms with Crippen molar-refractivity contribution in [1.29, 1.82) is 0 Å². The molecule has 2 aromatic carbocycles. The number of allylic oxidation sites excluding steroid dienone is 1. The van der Waals surface area contributed by atoms with E-state index in [4.69, 9.17) is 25.8 Å². The molecule has 1 aliphatic heterocycles. The molecule has 3 rings (SSSR count). The molecule has 0 spiro atoms. The Bertz CT molecular complexity index is 989. The third-order valence-corrected chi connectivity index (χ3v) is 5.00. The summed E-state index contributed by atoms with van der Waals surface area (Å²) in [5.74, 6) is 0.481. The van der Waals surface area contributed by atoms with Crippen molar-refractivity contribution in [3.05, 3.63) is 69.9 Å². The van der Waals surface area contributed by atoms with Crippen LogP contribution in [-0.2, 0) is 16.1 Å². The highest BCUT2D eigenvalue weighted by Crippen LogP contribution is 2.35. The zero-order valence-electron chi connectivity index (χ0n) is 17.0. The van der Waals surface area contributed by atoms with Gasteiger partial charge in [0.05, 0.1) is 25.3 Å². The standard InChI is InChI=1S/C22H23ClN2O5/c1-4-29-21(26)19-13(2)24-22(27)25-20(19)14-9-10-17(28-3)18(11-14)30-12-15-7-5-6-8-16(15)23/h5-11,20H,4,12H2,1-3H3,(H2,24,25,27). The van der Waals surface area contributed by atoms with E-state index in [1.165, 1.54) is 7.11 Å². The molecule has 1 unspecified atom stereocenters. The molecule has 7 nitrogen and oxygen atoms in total. The van der Waals surface area contributed by atoms with E-state index < -0.39 is 18.0 Å². The van der Waals surface area contributed by atoms with Crippen molar-refractivity contribution in [2.24, 2.45) is 0 Å². The van der Waals surface area contributed by atoms with Crippen molar-refractivity contribution < 1.29 is 23.8 Å². The Balaban J connectivity index is 1.94. The van der Waals surface area contributed by atoms with E-state index in [-0.39, 0.29) is 13.2 Å². The van der Waals surface area contributed by atoms with Gasteiger partial charge in [-0.2, -0.15) is 0 Å². The van der Waals surface area contributed by atoms with Crippen LogP contribution in [0.4, 0.5) is 4.79 Å². The van der Waals surface area contributed by atoms with Gasteiger partial charge >= 0.3 is 12.0 Å². The maximum absolute atomic E-state index is 12.5. The second-order valence-electron chi connectivity index (χ2n) is 6.58. The fourth-order valence-corrected chi connectivity index (χ4v) is 3.37. The molecule has 2 N–H and O–H groups in total. The highest BCUT2D eigenvalue weighted by atomic mass is 35.5. The van der Waals surface area contributed by atoms with Gasteiger partial charge in [-0.1, -0.05) is 35.9 Å². The molecule has 1 aliphatic rings. The zero-order valence-corrected chi connectivity index (χ0v) is 17.7. The molecule has 0 aliphatic carbocycles. The molecular weight excluding hydrogens is 408 g/mol. The maximum Gasteiger partial charge on any atom is 0.338 e. The fourth-order valence-electron chi connectivity index (χ4n) is 3.18. The summed E-state index contributed by atoms with van der Waals surface area (Å²) in [6.07, 6.45) is 0. The molecule has 158 valence electrons. The van der Waals surface area contributed by atoms with Gasteiger partial charge in [-0.3, -0.25) is 0 Å². The molecule has 2 aromatic rings. The van der Waals surface area contributed by atoms with Crippen LogP contribution < -0.4 is 20.1 Å². The first-order chi connectivity index (χ1) is 14.4. The van der Waals surface area contributed by atoms with Crippen molar-refractivity contribution in [2.45, 2.75) is 26.5 Å². The number of hydrogen-bond acceptors (Lipinski definition) is 5. The minimum absolute atomic E-state index is 0.227. The largest absolute Gasteiger partial charge is 0.493 e. The quantitative estimate of drug-likeness (QED) is 0.645. The molecule has 1 heterocycles. The summed E-state index contributed by atoms with van der Waals surface area (Å²) in [6.45, 7) is 3.85. The van der Waals surface area contributed by atoms with Gasteiger partial charge in [-0.05, 0) is 37.6 Å².